The van der Waals surface area contributed by atoms with E-state index in [0.717, 1.165) is 24.6 Å². The number of hydrogen-bond donors (Lipinski definition) is 1. The van der Waals surface area contributed by atoms with Crippen LogP contribution in [-0.4, -0.2) is 58.8 Å². The molecule has 2 aromatic heterocycles. The number of nitrogens with zero attached hydrogens (tertiary/aromatic N) is 4. The molecular weight excluding hydrogens is 294 g/mol. The minimum Gasteiger partial charge on any atom is -0.478 e. The molecule has 1 fully saturated rings. The Hall–Kier alpha value is -2.57. The molecule has 3 rings (SSSR count). The molecule has 7 nitrogen and oxygen atoms in total. The number of carbonyl (C=O) groups excluding carboxylic acids is 1. The summed E-state index contributed by atoms with van der Waals surface area (Å²) in [4.78, 5) is 20.9. The van der Waals surface area contributed by atoms with Crippen molar-refractivity contribution in [2.24, 2.45) is 0 Å². The Labute approximate surface area is 135 Å². The second-order valence-electron chi connectivity index (χ2n) is 5.48. The molecule has 0 atom stereocenters. The van der Waals surface area contributed by atoms with E-state index in [2.05, 4.69) is 20.1 Å². The van der Waals surface area contributed by atoms with Gasteiger partial charge in [0.25, 0.3) is 5.91 Å². The van der Waals surface area contributed by atoms with Crippen molar-refractivity contribution >= 4 is 11.7 Å². The van der Waals surface area contributed by atoms with E-state index < -0.39 is 0 Å². The highest BCUT2D eigenvalue weighted by molar-refractivity contribution is 5.92. The van der Waals surface area contributed by atoms with Crippen molar-refractivity contribution in [3.8, 4) is 5.88 Å². The zero-order valence-electron chi connectivity index (χ0n) is 13.5. The number of piperazine rings is 1. The number of anilines is 1. The lowest BCUT2D eigenvalue weighted by molar-refractivity contribution is 0.0740. The number of H-pyrrole nitrogens is 1. The number of hydrogen-bond acceptors (Lipinski definition) is 5. The van der Waals surface area contributed by atoms with Crippen LogP contribution in [0.5, 0.6) is 5.88 Å². The normalized spacial score (nSPS) is 14.9. The van der Waals surface area contributed by atoms with E-state index in [1.54, 1.807) is 6.07 Å². The van der Waals surface area contributed by atoms with Gasteiger partial charge in [0.1, 0.15) is 11.5 Å². The molecule has 1 aliphatic heterocycles. The van der Waals surface area contributed by atoms with Crippen molar-refractivity contribution in [2.75, 3.05) is 37.7 Å². The Balaban J connectivity index is 1.62. The average molecular weight is 315 g/mol. The Morgan fingerprint density at radius 3 is 2.74 bits per heavy atom. The van der Waals surface area contributed by atoms with E-state index in [9.17, 15) is 4.79 Å². The van der Waals surface area contributed by atoms with Gasteiger partial charge in [-0.15, -0.1) is 0 Å². The number of aryl methyl sites for hydroxylation is 1. The van der Waals surface area contributed by atoms with Gasteiger partial charge in [-0.25, -0.2) is 0 Å². The summed E-state index contributed by atoms with van der Waals surface area (Å²) in [5, 5.41) is 6.85. The molecule has 0 aromatic carbocycles. The molecule has 3 heterocycles. The molecular formula is C16H21N5O2. The van der Waals surface area contributed by atoms with Gasteiger partial charge in [0, 0.05) is 37.9 Å². The zero-order chi connectivity index (χ0) is 16.2. The molecule has 7 heteroatoms. The summed E-state index contributed by atoms with van der Waals surface area (Å²) in [5.74, 6) is 1.50. The van der Waals surface area contributed by atoms with Crippen molar-refractivity contribution < 1.29 is 9.53 Å². The van der Waals surface area contributed by atoms with Crippen LogP contribution in [-0.2, 0) is 0 Å². The number of aromatic amines is 1. The van der Waals surface area contributed by atoms with Crippen molar-refractivity contribution in [3.05, 3.63) is 35.7 Å². The third kappa shape index (κ3) is 3.44. The number of nitrogens with one attached hydrogen (secondary N) is 1. The fraction of sp³-hybridized carbons (Fsp3) is 0.438. The molecule has 1 aliphatic rings. The number of carbonyl (C=O) groups is 1. The lowest BCUT2D eigenvalue weighted by Gasteiger charge is -2.35. The van der Waals surface area contributed by atoms with Gasteiger partial charge < -0.3 is 14.5 Å². The molecule has 0 saturated carbocycles. The van der Waals surface area contributed by atoms with E-state index in [0.29, 0.717) is 31.3 Å². The van der Waals surface area contributed by atoms with Gasteiger partial charge in [0.15, 0.2) is 0 Å². The SMILES string of the molecule is CCOc1cccc(N2CCN(C(=O)c3cc(C)[nH]n3)CC2)n1. The van der Waals surface area contributed by atoms with Gasteiger partial charge in [0.05, 0.1) is 6.61 Å². The van der Waals surface area contributed by atoms with Crippen LogP contribution in [0.1, 0.15) is 23.1 Å². The van der Waals surface area contributed by atoms with Crippen LogP contribution in [0, 0.1) is 6.92 Å². The standard InChI is InChI=1S/C16H21N5O2/c1-3-23-15-6-4-5-14(17-15)20-7-9-21(10-8-20)16(22)13-11-12(2)18-19-13/h4-6,11H,3,7-10H2,1-2H3,(H,18,19). The fourth-order valence-electron chi connectivity index (χ4n) is 2.64. The maximum absolute atomic E-state index is 12.4. The average Bonchev–Trinajstić information content (AvgIpc) is 3.01. The number of rotatable bonds is 4. The first kappa shape index (κ1) is 15.3. The second-order valence-corrected chi connectivity index (χ2v) is 5.48. The van der Waals surface area contributed by atoms with E-state index in [1.165, 1.54) is 0 Å². The monoisotopic (exact) mass is 315 g/mol. The van der Waals surface area contributed by atoms with E-state index >= 15 is 0 Å². The molecule has 0 aliphatic carbocycles. The largest absolute Gasteiger partial charge is 0.478 e. The van der Waals surface area contributed by atoms with Gasteiger partial charge in [-0.3, -0.25) is 9.89 Å². The minimum absolute atomic E-state index is 0.0231. The molecule has 1 N–H and O–H groups in total. The number of amides is 1. The van der Waals surface area contributed by atoms with Crippen LogP contribution in [0.3, 0.4) is 0 Å². The van der Waals surface area contributed by atoms with Crippen LogP contribution >= 0.6 is 0 Å². The molecule has 0 bridgehead atoms. The topological polar surface area (TPSA) is 74.3 Å². The Kier molecular flexibility index (Phi) is 4.45. The molecule has 122 valence electrons. The van der Waals surface area contributed by atoms with Crippen LogP contribution in [0.15, 0.2) is 24.3 Å². The summed E-state index contributed by atoms with van der Waals surface area (Å²) in [5.41, 5.74) is 1.37. The summed E-state index contributed by atoms with van der Waals surface area (Å²) < 4.78 is 5.44. The third-order valence-corrected chi connectivity index (χ3v) is 3.82. The number of ether oxygens (including phenoxy) is 1. The highest BCUT2D eigenvalue weighted by Crippen LogP contribution is 2.18. The van der Waals surface area contributed by atoms with Gasteiger partial charge >= 0.3 is 0 Å². The molecule has 23 heavy (non-hydrogen) atoms. The number of pyridine rings is 1. The zero-order valence-corrected chi connectivity index (χ0v) is 13.5. The fourth-order valence-corrected chi connectivity index (χ4v) is 2.64. The summed E-state index contributed by atoms with van der Waals surface area (Å²) >= 11 is 0. The molecule has 1 amide bonds. The predicted molar refractivity (Wildman–Crippen MR) is 86.8 cm³/mol. The third-order valence-electron chi connectivity index (χ3n) is 3.82. The lowest BCUT2D eigenvalue weighted by atomic mass is 10.2. The van der Waals surface area contributed by atoms with Crippen LogP contribution in [0.25, 0.3) is 0 Å². The molecule has 1 saturated heterocycles. The second kappa shape index (κ2) is 6.68. The van der Waals surface area contributed by atoms with Crippen molar-refractivity contribution in [1.82, 2.24) is 20.1 Å². The van der Waals surface area contributed by atoms with E-state index in [4.69, 9.17) is 4.74 Å². The molecule has 2 aromatic rings. The Morgan fingerprint density at radius 2 is 2.09 bits per heavy atom. The number of aromatic nitrogens is 3. The quantitative estimate of drug-likeness (QED) is 0.925. The molecule has 0 spiro atoms. The lowest BCUT2D eigenvalue weighted by Crippen LogP contribution is -2.49. The van der Waals surface area contributed by atoms with Crippen LogP contribution in [0.2, 0.25) is 0 Å². The Morgan fingerprint density at radius 1 is 1.30 bits per heavy atom. The highest BCUT2D eigenvalue weighted by atomic mass is 16.5. The summed E-state index contributed by atoms with van der Waals surface area (Å²) in [6, 6.07) is 7.54. The molecule has 0 radical (unpaired) electrons. The van der Waals surface area contributed by atoms with E-state index in [1.807, 2.05) is 36.9 Å². The first-order valence-electron chi connectivity index (χ1n) is 7.83. The summed E-state index contributed by atoms with van der Waals surface area (Å²) in [6.45, 7) is 7.24. The summed E-state index contributed by atoms with van der Waals surface area (Å²) in [6.07, 6.45) is 0. The van der Waals surface area contributed by atoms with Gasteiger partial charge in [0.2, 0.25) is 5.88 Å². The maximum Gasteiger partial charge on any atom is 0.274 e. The van der Waals surface area contributed by atoms with Crippen LogP contribution < -0.4 is 9.64 Å². The highest BCUT2D eigenvalue weighted by Gasteiger charge is 2.24. The van der Waals surface area contributed by atoms with Gasteiger partial charge in [-0.2, -0.15) is 10.1 Å². The van der Waals surface area contributed by atoms with E-state index in [-0.39, 0.29) is 5.91 Å². The first-order valence-corrected chi connectivity index (χ1v) is 7.83. The van der Waals surface area contributed by atoms with Crippen molar-refractivity contribution in [1.29, 1.82) is 0 Å². The van der Waals surface area contributed by atoms with Crippen LogP contribution in [0.4, 0.5) is 5.82 Å². The molecule has 0 unspecified atom stereocenters. The smallest absolute Gasteiger partial charge is 0.274 e. The Bertz CT molecular complexity index is 677. The van der Waals surface area contributed by atoms with Gasteiger partial charge in [-0.1, -0.05) is 6.07 Å². The first-order chi connectivity index (χ1) is 11.2. The minimum atomic E-state index is -0.0231. The maximum atomic E-state index is 12.4. The predicted octanol–water partition coefficient (Wildman–Crippen LogP) is 1.47. The van der Waals surface area contributed by atoms with Gasteiger partial charge in [-0.05, 0) is 26.0 Å². The summed E-state index contributed by atoms with van der Waals surface area (Å²) in [7, 11) is 0. The van der Waals surface area contributed by atoms with Crippen molar-refractivity contribution in [3.63, 3.8) is 0 Å². The van der Waals surface area contributed by atoms with Crippen molar-refractivity contribution in [2.45, 2.75) is 13.8 Å².